The van der Waals surface area contributed by atoms with Gasteiger partial charge in [-0.05, 0) is 30.9 Å². The van der Waals surface area contributed by atoms with Crippen LogP contribution >= 0.6 is 0 Å². The SMILES string of the molecule is CCCCn1nc(C)c2c1NC(=O)C[C@@H]2c1cc2ccccc2n1C. The zero-order chi connectivity index (χ0) is 17.6. The Morgan fingerprint density at radius 2 is 2.12 bits per heavy atom. The molecule has 0 spiro atoms. The van der Waals surface area contributed by atoms with Crippen molar-refractivity contribution in [1.29, 1.82) is 0 Å². The van der Waals surface area contributed by atoms with Crippen LogP contribution in [-0.4, -0.2) is 20.3 Å². The summed E-state index contributed by atoms with van der Waals surface area (Å²) < 4.78 is 4.19. The summed E-state index contributed by atoms with van der Waals surface area (Å²) >= 11 is 0. The molecule has 3 aromatic rings. The molecular formula is C20H24N4O. The van der Waals surface area contributed by atoms with Crippen LogP contribution in [0.5, 0.6) is 0 Å². The molecule has 1 aliphatic heterocycles. The van der Waals surface area contributed by atoms with Gasteiger partial charge in [-0.3, -0.25) is 4.79 Å². The van der Waals surface area contributed by atoms with E-state index in [9.17, 15) is 4.79 Å². The minimum Gasteiger partial charge on any atom is -0.347 e. The van der Waals surface area contributed by atoms with Crippen LogP contribution in [0, 0.1) is 6.92 Å². The highest BCUT2D eigenvalue weighted by atomic mass is 16.1. The molecule has 5 heteroatoms. The van der Waals surface area contributed by atoms with E-state index in [2.05, 4.69) is 61.1 Å². The number of nitrogens with one attached hydrogen (secondary N) is 1. The number of para-hydroxylation sites is 1. The fourth-order valence-electron chi connectivity index (χ4n) is 3.98. The van der Waals surface area contributed by atoms with Gasteiger partial charge in [-0.15, -0.1) is 0 Å². The predicted molar refractivity (Wildman–Crippen MR) is 99.9 cm³/mol. The Hall–Kier alpha value is -2.56. The first-order chi connectivity index (χ1) is 12.1. The molecule has 130 valence electrons. The predicted octanol–water partition coefficient (Wildman–Crippen LogP) is 3.96. The van der Waals surface area contributed by atoms with E-state index < -0.39 is 0 Å². The van der Waals surface area contributed by atoms with Crippen LogP contribution in [0.25, 0.3) is 10.9 Å². The summed E-state index contributed by atoms with van der Waals surface area (Å²) in [6, 6.07) is 10.6. The molecule has 0 fully saturated rings. The average molecular weight is 336 g/mol. The zero-order valence-electron chi connectivity index (χ0n) is 15.0. The summed E-state index contributed by atoms with van der Waals surface area (Å²) in [6.45, 7) is 5.06. The lowest BCUT2D eigenvalue weighted by Gasteiger charge is -2.24. The quantitative estimate of drug-likeness (QED) is 0.784. The van der Waals surface area contributed by atoms with Gasteiger partial charge in [0, 0.05) is 42.7 Å². The van der Waals surface area contributed by atoms with Crippen LogP contribution < -0.4 is 5.32 Å². The molecule has 25 heavy (non-hydrogen) atoms. The second kappa shape index (κ2) is 6.06. The Labute approximate surface area is 147 Å². The van der Waals surface area contributed by atoms with Gasteiger partial charge < -0.3 is 9.88 Å². The van der Waals surface area contributed by atoms with Crippen molar-refractivity contribution < 1.29 is 4.79 Å². The summed E-state index contributed by atoms with van der Waals surface area (Å²) in [4.78, 5) is 12.4. The Kier molecular flexibility index (Phi) is 3.86. The highest BCUT2D eigenvalue weighted by molar-refractivity contribution is 5.95. The van der Waals surface area contributed by atoms with Crippen molar-refractivity contribution in [1.82, 2.24) is 14.3 Å². The Morgan fingerprint density at radius 3 is 2.88 bits per heavy atom. The minimum atomic E-state index is 0.0523. The molecule has 1 N–H and O–H groups in total. The molecule has 5 nitrogen and oxygen atoms in total. The van der Waals surface area contributed by atoms with Gasteiger partial charge in [-0.25, -0.2) is 4.68 Å². The maximum atomic E-state index is 12.4. The molecule has 0 aliphatic carbocycles. The standard InChI is InChI=1S/C20H24N4O/c1-4-5-10-24-20-19(13(2)22-24)15(12-18(25)21-20)17-11-14-8-6-7-9-16(14)23(17)3/h6-9,11,15H,4-5,10,12H2,1-3H3,(H,21,25)/t15-/m1/s1. The van der Waals surface area contributed by atoms with Crippen molar-refractivity contribution in [3.05, 3.63) is 47.3 Å². The molecule has 1 aromatic carbocycles. The first-order valence-corrected chi connectivity index (χ1v) is 9.01. The van der Waals surface area contributed by atoms with Crippen molar-refractivity contribution in [2.24, 2.45) is 7.05 Å². The van der Waals surface area contributed by atoms with Crippen LogP contribution in [0.15, 0.2) is 30.3 Å². The number of nitrogens with zero attached hydrogens (tertiary/aromatic N) is 3. The number of anilines is 1. The van der Waals surface area contributed by atoms with E-state index in [-0.39, 0.29) is 11.8 Å². The number of carbonyl (C=O) groups is 1. The third-order valence-electron chi connectivity index (χ3n) is 5.24. The first kappa shape index (κ1) is 15.9. The van der Waals surface area contributed by atoms with Crippen LogP contribution in [-0.2, 0) is 18.4 Å². The van der Waals surface area contributed by atoms with Gasteiger partial charge in [0.05, 0.1) is 5.69 Å². The minimum absolute atomic E-state index is 0.0523. The number of rotatable bonds is 4. The molecule has 0 saturated heterocycles. The van der Waals surface area contributed by atoms with Gasteiger partial charge in [0.2, 0.25) is 5.91 Å². The van der Waals surface area contributed by atoms with Gasteiger partial charge in [-0.2, -0.15) is 5.10 Å². The number of benzene rings is 1. The topological polar surface area (TPSA) is 51.9 Å². The number of aromatic nitrogens is 3. The zero-order valence-corrected chi connectivity index (χ0v) is 15.0. The third-order valence-corrected chi connectivity index (χ3v) is 5.24. The monoisotopic (exact) mass is 336 g/mol. The van der Waals surface area contributed by atoms with E-state index in [1.165, 1.54) is 22.2 Å². The molecule has 3 heterocycles. The van der Waals surface area contributed by atoms with Crippen molar-refractivity contribution in [2.75, 3.05) is 5.32 Å². The Morgan fingerprint density at radius 1 is 1.32 bits per heavy atom. The van der Waals surface area contributed by atoms with E-state index in [0.717, 1.165) is 30.9 Å². The van der Waals surface area contributed by atoms with Gasteiger partial charge in [0.15, 0.2) is 0 Å². The third kappa shape index (κ3) is 2.54. The fourth-order valence-corrected chi connectivity index (χ4v) is 3.98. The Bertz CT molecular complexity index is 950. The van der Waals surface area contributed by atoms with Crippen molar-refractivity contribution >= 4 is 22.6 Å². The summed E-state index contributed by atoms with van der Waals surface area (Å²) in [5, 5.41) is 8.99. The lowest BCUT2D eigenvalue weighted by Crippen LogP contribution is -2.26. The molecule has 0 radical (unpaired) electrons. The van der Waals surface area contributed by atoms with Crippen LogP contribution in [0.3, 0.4) is 0 Å². The molecule has 0 unspecified atom stereocenters. The maximum Gasteiger partial charge on any atom is 0.226 e. The van der Waals surface area contributed by atoms with Crippen LogP contribution in [0.1, 0.15) is 49.1 Å². The fraction of sp³-hybridized carbons (Fsp3) is 0.400. The first-order valence-electron chi connectivity index (χ1n) is 9.01. The molecule has 1 atom stereocenters. The number of hydrogen-bond donors (Lipinski definition) is 1. The lowest BCUT2D eigenvalue weighted by molar-refractivity contribution is -0.116. The summed E-state index contributed by atoms with van der Waals surface area (Å²) in [7, 11) is 2.08. The van der Waals surface area contributed by atoms with Crippen LogP contribution in [0.2, 0.25) is 0 Å². The van der Waals surface area contributed by atoms with E-state index in [1.807, 2.05) is 4.68 Å². The number of carbonyl (C=O) groups excluding carboxylic acids is 1. The summed E-state index contributed by atoms with van der Waals surface area (Å²) in [5.41, 5.74) is 4.56. The normalized spacial score (nSPS) is 16.9. The van der Waals surface area contributed by atoms with E-state index in [0.29, 0.717) is 6.42 Å². The Balaban J connectivity index is 1.85. The highest BCUT2D eigenvalue weighted by Gasteiger charge is 2.33. The van der Waals surface area contributed by atoms with E-state index >= 15 is 0 Å². The number of amides is 1. The van der Waals surface area contributed by atoms with Gasteiger partial charge in [-0.1, -0.05) is 31.5 Å². The molecule has 0 bridgehead atoms. The summed E-state index contributed by atoms with van der Waals surface area (Å²) in [6.07, 6.45) is 2.63. The highest BCUT2D eigenvalue weighted by Crippen LogP contribution is 2.40. The number of unbranched alkanes of at least 4 members (excludes halogenated alkanes) is 1. The molecule has 2 aromatic heterocycles. The molecule has 1 aliphatic rings. The average Bonchev–Trinajstić information content (AvgIpc) is 3.10. The molecular weight excluding hydrogens is 312 g/mol. The smallest absolute Gasteiger partial charge is 0.226 e. The molecule has 1 amide bonds. The second-order valence-electron chi connectivity index (χ2n) is 6.92. The second-order valence-corrected chi connectivity index (χ2v) is 6.92. The van der Waals surface area contributed by atoms with Crippen molar-refractivity contribution in [3.8, 4) is 0 Å². The number of hydrogen-bond acceptors (Lipinski definition) is 2. The number of aryl methyl sites for hydroxylation is 3. The van der Waals surface area contributed by atoms with Gasteiger partial charge in [0.1, 0.15) is 5.82 Å². The summed E-state index contributed by atoms with van der Waals surface area (Å²) in [5.74, 6) is 1.01. The van der Waals surface area contributed by atoms with Crippen molar-refractivity contribution in [2.45, 2.75) is 45.6 Å². The maximum absolute atomic E-state index is 12.4. The largest absolute Gasteiger partial charge is 0.347 e. The van der Waals surface area contributed by atoms with Gasteiger partial charge in [0.25, 0.3) is 0 Å². The van der Waals surface area contributed by atoms with E-state index in [4.69, 9.17) is 5.10 Å². The van der Waals surface area contributed by atoms with Crippen molar-refractivity contribution in [3.63, 3.8) is 0 Å². The lowest BCUT2D eigenvalue weighted by atomic mass is 9.89. The van der Waals surface area contributed by atoms with Crippen LogP contribution in [0.4, 0.5) is 5.82 Å². The van der Waals surface area contributed by atoms with E-state index in [1.54, 1.807) is 0 Å². The molecule has 4 rings (SSSR count). The number of fused-ring (bicyclic) bond motifs is 2. The molecule has 0 saturated carbocycles. The van der Waals surface area contributed by atoms with Gasteiger partial charge >= 0.3 is 0 Å².